The van der Waals surface area contributed by atoms with Crippen LogP contribution in [0.5, 0.6) is 0 Å². The molecule has 3 aromatic rings. The summed E-state index contributed by atoms with van der Waals surface area (Å²) in [6.07, 6.45) is 2.96. The van der Waals surface area contributed by atoms with Crippen LogP contribution in [0.2, 0.25) is 0 Å². The lowest BCUT2D eigenvalue weighted by Crippen LogP contribution is -2.32. The molecule has 0 bridgehead atoms. The van der Waals surface area contributed by atoms with Crippen molar-refractivity contribution in [3.05, 3.63) is 70.3 Å². The molecule has 1 fully saturated rings. The molecule has 8 heteroatoms. The largest absolute Gasteiger partial charge is 0.376 e. The Morgan fingerprint density at radius 3 is 2.94 bits per heavy atom. The second kappa shape index (κ2) is 10.7. The fourth-order valence-electron chi connectivity index (χ4n) is 3.75. The van der Waals surface area contributed by atoms with Gasteiger partial charge < -0.3 is 10.1 Å². The first-order valence-electron chi connectivity index (χ1n) is 10.9. The second-order valence-corrected chi connectivity index (χ2v) is 8.77. The number of halogens is 1. The van der Waals surface area contributed by atoms with Crippen LogP contribution >= 0.6 is 11.8 Å². The monoisotopic (exact) mass is 455 g/mol. The van der Waals surface area contributed by atoms with Crippen molar-refractivity contribution in [1.29, 1.82) is 0 Å². The Labute approximate surface area is 190 Å². The van der Waals surface area contributed by atoms with Gasteiger partial charge in [0.15, 0.2) is 5.16 Å². The third-order valence-electron chi connectivity index (χ3n) is 5.42. The Morgan fingerprint density at radius 1 is 1.25 bits per heavy atom. The maximum Gasteiger partial charge on any atom is 0.262 e. The molecule has 0 saturated carbocycles. The molecule has 0 aliphatic carbocycles. The number of carbonyl (C=O) groups excluding carboxylic acids is 1. The predicted molar refractivity (Wildman–Crippen MR) is 123 cm³/mol. The van der Waals surface area contributed by atoms with Gasteiger partial charge in [-0.05, 0) is 49.1 Å². The zero-order valence-electron chi connectivity index (χ0n) is 17.8. The van der Waals surface area contributed by atoms with Gasteiger partial charge in [-0.2, -0.15) is 0 Å². The van der Waals surface area contributed by atoms with E-state index in [4.69, 9.17) is 4.74 Å². The highest BCUT2D eigenvalue weighted by Crippen LogP contribution is 2.23. The van der Waals surface area contributed by atoms with E-state index in [1.165, 1.54) is 23.9 Å². The van der Waals surface area contributed by atoms with Crippen molar-refractivity contribution in [2.45, 2.75) is 49.2 Å². The van der Waals surface area contributed by atoms with E-state index in [0.717, 1.165) is 25.0 Å². The molecule has 2 aromatic carbocycles. The number of rotatable bonds is 9. The number of hydrogen-bond donors (Lipinski definition) is 1. The highest BCUT2D eigenvalue weighted by Gasteiger charge is 2.16. The van der Waals surface area contributed by atoms with Crippen LogP contribution in [-0.4, -0.2) is 34.7 Å². The topological polar surface area (TPSA) is 73.2 Å². The van der Waals surface area contributed by atoms with Crippen LogP contribution in [0.15, 0.2) is 58.5 Å². The van der Waals surface area contributed by atoms with Gasteiger partial charge in [-0.15, -0.1) is 0 Å². The maximum absolute atomic E-state index is 13.5. The van der Waals surface area contributed by atoms with E-state index >= 15 is 0 Å². The molecular formula is C24H26FN3O3S. The van der Waals surface area contributed by atoms with Crippen LogP contribution in [0.1, 0.15) is 31.2 Å². The average Bonchev–Trinajstić information content (AvgIpc) is 3.32. The van der Waals surface area contributed by atoms with Gasteiger partial charge in [0.05, 0.1) is 17.0 Å². The molecule has 1 atom stereocenters. The predicted octanol–water partition coefficient (Wildman–Crippen LogP) is 3.90. The van der Waals surface area contributed by atoms with Crippen LogP contribution in [-0.2, 0) is 21.8 Å². The number of amides is 1. The standard InChI is InChI=1S/C24H26FN3O3S/c25-18-7-3-6-17(14-18)16-32-24-27-21-10-2-1-9-20(21)23(30)28(24)12-4-11-22(29)26-15-19-8-5-13-31-19/h1-3,6-7,9-10,14,19H,4-5,8,11-13,15-16H2,(H,26,29)/t19-/m0/s1. The summed E-state index contributed by atoms with van der Waals surface area (Å²) in [5.41, 5.74) is 1.32. The van der Waals surface area contributed by atoms with Crippen molar-refractivity contribution in [2.24, 2.45) is 0 Å². The van der Waals surface area contributed by atoms with Crippen molar-refractivity contribution in [2.75, 3.05) is 13.2 Å². The fourth-order valence-corrected chi connectivity index (χ4v) is 4.72. The minimum atomic E-state index is -0.291. The van der Waals surface area contributed by atoms with Crippen molar-refractivity contribution >= 4 is 28.6 Å². The summed E-state index contributed by atoms with van der Waals surface area (Å²) >= 11 is 1.39. The van der Waals surface area contributed by atoms with Gasteiger partial charge in [0.2, 0.25) is 5.91 Å². The van der Waals surface area contributed by atoms with Gasteiger partial charge in [-0.1, -0.05) is 36.0 Å². The van der Waals surface area contributed by atoms with E-state index in [1.54, 1.807) is 16.7 Å². The van der Waals surface area contributed by atoms with E-state index < -0.39 is 0 Å². The number of thioether (sulfide) groups is 1. The second-order valence-electron chi connectivity index (χ2n) is 7.83. The van der Waals surface area contributed by atoms with Gasteiger partial charge in [0.1, 0.15) is 5.82 Å². The number of para-hydroxylation sites is 1. The van der Waals surface area contributed by atoms with Crippen LogP contribution < -0.4 is 10.9 Å². The van der Waals surface area contributed by atoms with Crippen molar-refractivity contribution in [3.8, 4) is 0 Å². The molecule has 0 radical (unpaired) electrons. The number of ether oxygens (including phenoxy) is 1. The number of fused-ring (bicyclic) bond motifs is 1. The molecule has 1 N–H and O–H groups in total. The van der Waals surface area contributed by atoms with E-state index in [2.05, 4.69) is 10.3 Å². The van der Waals surface area contributed by atoms with Crippen molar-refractivity contribution in [1.82, 2.24) is 14.9 Å². The normalized spacial score (nSPS) is 15.8. The van der Waals surface area contributed by atoms with E-state index in [9.17, 15) is 14.0 Å². The fraction of sp³-hybridized carbons (Fsp3) is 0.375. The lowest BCUT2D eigenvalue weighted by Gasteiger charge is -2.14. The molecule has 1 amide bonds. The molecule has 1 aliphatic heterocycles. The molecule has 168 valence electrons. The van der Waals surface area contributed by atoms with E-state index in [1.807, 2.05) is 24.3 Å². The molecule has 32 heavy (non-hydrogen) atoms. The van der Waals surface area contributed by atoms with Crippen LogP contribution in [0, 0.1) is 5.82 Å². The van der Waals surface area contributed by atoms with Crippen LogP contribution in [0.25, 0.3) is 10.9 Å². The first-order valence-corrected chi connectivity index (χ1v) is 11.8. The third-order valence-corrected chi connectivity index (χ3v) is 6.47. The summed E-state index contributed by atoms with van der Waals surface area (Å²) in [6.45, 7) is 1.68. The summed E-state index contributed by atoms with van der Waals surface area (Å²) < 4.78 is 20.7. The Morgan fingerprint density at radius 2 is 2.12 bits per heavy atom. The number of aromatic nitrogens is 2. The quantitative estimate of drug-likeness (QED) is 0.391. The van der Waals surface area contributed by atoms with E-state index in [0.29, 0.717) is 47.7 Å². The molecule has 0 spiro atoms. The van der Waals surface area contributed by atoms with Gasteiger partial charge in [-0.3, -0.25) is 14.2 Å². The average molecular weight is 456 g/mol. The van der Waals surface area contributed by atoms with Gasteiger partial charge >= 0.3 is 0 Å². The smallest absolute Gasteiger partial charge is 0.262 e. The summed E-state index contributed by atoms with van der Waals surface area (Å²) in [7, 11) is 0. The Bertz CT molecular complexity index is 1140. The highest BCUT2D eigenvalue weighted by atomic mass is 32.2. The number of nitrogens with zero attached hydrogens (tertiary/aromatic N) is 2. The first kappa shape index (κ1) is 22.5. The van der Waals surface area contributed by atoms with Gasteiger partial charge in [-0.25, -0.2) is 9.37 Å². The molecular weight excluding hydrogens is 429 g/mol. The Kier molecular flexibility index (Phi) is 7.55. The minimum absolute atomic E-state index is 0.0451. The summed E-state index contributed by atoms with van der Waals surface area (Å²) in [5.74, 6) is 0.155. The van der Waals surface area contributed by atoms with E-state index in [-0.39, 0.29) is 23.4 Å². The number of nitrogens with one attached hydrogen (secondary N) is 1. The summed E-state index contributed by atoms with van der Waals surface area (Å²) in [5, 5.41) is 4.03. The molecule has 6 nitrogen and oxygen atoms in total. The molecule has 0 unspecified atom stereocenters. The lowest BCUT2D eigenvalue weighted by atomic mass is 10.2. The van der Waals surface area contributed by atoms with Crippen molar-refractivity contribution in [3.63, 3.8) is 0 Å². The number of benzene rings is 2. The summed E-state index contributed by atoms with van der Waals surface area (Å²) in [4.78, 5) is 30.0. The zero-order valence-corrected chi connectivity index (χ0v) is 18.6. The van der Waals surface area contributed by atoms with Gasteiger partial charge in [0.25, 0.3) is 5.56 Å². The lowest BCUT2D eigenvalue weighted by molar-refractivity contribution is -0.121. The SMILES string of the molecule is O=C(CCCn1c(SCc2cccc(F)c2)nc2ccccc2c1=O)NC[C@@H]1CCCO1. The van der Waals surface area contributed by atoms with Gasteiger partial charge in [0, 0.05) is 31.9 Å². The highest BCUT2D eigenvalue weighted by molar-refractivity contribution is 7.98. The molecule has 1 aromatic heterocycles. The molecule has 1 aliphatic rings. The third kappa shape index (κ3) is 5.75. The molecule has 1 saturated heterocycles. The van der Waals surface area contributed by atoms with Crippen LogP contribution in [0.4, 0.5) is 4.39 Å². The molecule has 2 heterocycles. The zero-order chi connectivity index (χ0) is 22.3. The summed E-state index contributed by atoms with van der Waals surface area (Å²) in [6, 6.07) is 13.6. The number of hydrogen-bond acceptors (Lipinski definition) is 5. The minimum Gasteiger partial charge on any atom is -0.376 e. The maximum atomic E-state index is 13.5. The molecule has 4 rings (SSSR count). The Balaban J connectivity index is 1.44. The van der Waals surface area contributed by atoms with Crippen LogP contribution in [0.3, 0.4) is 0 Å². The van der Waals surface area contributed by atoms with Crippen molar-refractivity contribution < 1.29 is 13.9 Å². The number of carbonyl (C=O) groups is 1. The Hall–Kier alpha value is -2.71. The first-order chi connectivity index (χ1) is 15.6.